The molecule has 7 heteroatoms. The van der Waals surface area contributed by atoms with E-state index in [1.807, 2.05) is 24.3 Å². The number of ether oxygens (including phenoxy) is 1. The summed E-state index contributed by atoms with van der Waals surface area (Å²) in [5.41, 5.74) is 0.821. The highest BCUT2D eigenvalue weighted by Gasteiger charge is 2.12. The van der Waals surface area contributed by atoms with Gasteiger partial charge >= 0.3 is 5.97 Å². The Morgan fingerprint density at radius 3 is 3.00 bits per heavy atom. The van der Waals surface area contributed by atoms with Gasteiger partial charge in [-0.2, -0.15) is 4.98 Å². The molecular weight excluding hydrogens is 248 g/mol. The second kappa shape index (κ2) is 5.38. The molecule has 0 radical (unpaired) electrons. The van der Waals surface area contributed by atoms with Crippen LogP contribution in [0, 0.1) is 0 Å². The number of carbonyl (C=O) groups is 1. The van der Waals surface area contributed by atoms with Crippen LogP contribution in [0.1, 0.15) is 0 Å². The summed E-state index contributed by atoms with van der Waals surface area (Å²) in [6.45, 7) is -0.157. The quantitative estimate of drug-likeness (QED) is 0.835. The maximum atomic E-state index is 10.6. The van der Waals surface area contributed by atoms with Gasteiger partial charge < -0.3 is 14.7 Å². The fourth-order valence-corrected chi connectivity index (χ4v) is 1.60. The third kappa shape index (κ3) is 3.01. The molecule has 0 aliphatic heterocycles. The van der Waals surface area contributed by atoms with E-state index in [4.69, 9.17) is 9.84 Å². The maximum absolute atomic E-state index is 10.6. The number of hydrogen-bond donors (Lipinski definition) is 2. The summed E-state index contributed by atoms with van der Waals surface area (Å²) in [6, 6.07) is 7.36. The Labute approximate surface area is 109 Å². The number of nitrogens with zero attached hydrogens (tertiary/aromatic N) is 3. The van der Waals surface area contributed by atoms with E-state index in [1.165, 1.54) is 4.90 Å². The molecular formula is C12H14N4O3. The van der Waals surface area contributed by atoms with Gasteiger partial charge in [-0.15, -0.1) is 5.10 Å². The number of aromatic amines is 1. The van der Waals surface area contributed by atoms with Crippen molar-refractivity contribution in [1.29, 1.82) is 0 Å². The molecule has 0 fully saturated rings. The Hall–Kier alpha value is -2.57. The molecule has 0 spiro atoms. The molecule has 100 valence electrons. The van der Waals surface area contributed by atoms with Gasteiger partial charge in [0.2, 0.25) is 5.95 Å². The molecule has 1 aromatic heterocycles. The van der Waals surface area contributed by atoms with Gasteiger partial charge in [-0.1, -0.05) is 12.1 Å². The van der Waals surface area contributed by atoms with Crippen LogP contribution in [0.3, 0.4) is 0 Å². The van der Waals surface area contributed by atoms with Crippen molar-refractivity contribution in [3.05, 3.63) is 24.3 Å². The van der Waals surface area contributed by atoms with Gasteiger partial charge in [0.15, 0.2) is 5.82 Å². The first kappa shape index (κ1) is 12.9. The van der Waals surface area contributed by atoms with Crippen LogP contribution >= 0.6 is 0 Å². The Balaban J connectivity index is 2.22. The first-order valence-electron chi connectivity index (χ1n) is 5.60. The smallest absolute Gasteiger partial charge is 0.323 e. The Morgan fingerprint density at radius 2 is 2.32 bits per heavy atom. The fourth-order valence-electron chi connectivity index (χ4n) is 1.60. The van der Waals surface area contributed by atoms with E-state index in [0.717, 1.165) is 5.56 Å². The number of carboxylic acid groups (broad SMARTS) is 1. The van der Waals surface area contributed by atoms with Crippen molar-refractivity contribution in [2.75, 3.05) is 25.6 Å². The van der Waals surface area contributed by atoms with E-state index in [1.54, 1.807) is 14.2 Å². The van der Waals surface area contributed by atoms with Crippen molar-refractivity contribution in [1.82, 2.24) is 15.2 Å². The van der Waals surface area contributed by atoms with E-state index >= 15 is 0 Å². The van der Waals surface area contributed by atoms with E-state index in [0.29, 0.717) is 17.5 Å². The van der Waals surface area contributed by atoms with Gasteiger partial charge in [0.25, 0.3) is 0 Å². The summed E-state index contributed by atoms with van der Waals surface area (Å²) in [4.78, 5) is 16.3. The minimum Gasteiger partial charge on any atom is -0.497 e. The number of methoxy groups -OCH3 is 1. The number of anilines is 1. The first-order chi connectivity index (χ1) is 9.10. The van der Waals surface area contributed by atoms with Crippen LogP contribution in [0.2, 0.25) is 0 Å². The van der Waals surface area contributed by atoms with E-state index in [-0.39, 0.29) is 6.54 Å². The molecule has 19 heavy (non-hydrogen) atoms. The van der Waals surface area contributed by atoms with E-state index < -0.39 is 5.97 Å². The number of benzene rings is 1. The number of rotatable bonds is 5. The average Bonchev–Trinajstić information content (AvgIpc) is 2.88. The predicted molar refractivity (Wildman–Crippen MR) is 69.3 cm³/mol. The highest BCUT2D eigenvalue weighted by atomic mass is 16.5. The van der Waals surface area contributed by atoms with Gasteiger partial charge in [-0.25, -0.2) is 0 Å². The lowest BCUT2D eigenvalue weighted by Crippen LogP contribution is -2.26. The molecule has 1 aromatic carbocycles. The molecule has 0 bridgehead atoms. The molecule has 1 heterocycles. The maximum Gasteiger partial charge on any atom is 0.323 e. The van der Waals surface area contributed by atoms with Crippen LogP contribution in [0.15, 0.2) is 24.3 Å². The lowest BCUT2D eigenvalue weighted by Gasteiger charge is -2.10. The number of nitrogens with one attached hydrogen (secondary N) is 1. The minimum absolute atomic E-state index is 0.157. The van der Waals surface area contributed by atoms with Crippen molar-refractivity contribution in [2.45, 2.75) is 0 Å². The first-order valence-corrected chi connectivity index (χ1v) is 5.60. The lowest BCUT2D eigenvalue weighted by atomic mass is 10.2. The van der Waals surface area contributed by atoms with Crippen molar-refractivity contribution in [2.24, 2.45) is 0 Å². The van der Waals surface area contributed by atoms with Gasteiger partial charge in [0.1, 0.15) is 12.3 Å². The summed E-state index contributed by atoms with van der Waals surface area (Å²) in [6.07, 6.45) is 0. The average molecular weight is 262 g/mol. The Kier molecular flexibility index (Phi) is 3.65. The predicted octanol–water partition coefficient (Wildman–Crippen LogP) is 1.00. The number of H-pyrrole nitrogens is 1. The zero-order chi connectivity index (χ0) is 13.8. The monoisotopic (exact) mass is 262 g/mol. The zero-order valence-corrected chi connectivity index (χ0v) is 10.6. The van der Waals surface area contributed by atoms with E-state index in [2.05, 4.69) is 15.2 Å². The summed E-state index contributed by atoms with van der Waals surface area (Å²) >= 11 is 0. The van der Waals surface area contributed by atoms with Crippen molar-refractivity contribution in [3.8, 4) is 17.1 Å². The van der Waals surface area contributed by atoms with Crippen LogP contribution in [0.4, 0.5) is 5.95 Å². The van der Waals surface area contributed by atoms with Crippen molar-refractivity contribution < 1.29 is 14.6 Å². The molecule has 0 saturated carbocycles. The van der Waals surface area contributed by atoms with Gasteiger partial charge in [0, 0.05) is 12.6 Å². The molecule has 0 aliphatic rings. The number of aromatic nitrogens is 3. The highest BCUT2D eigenvalue weighted by Crippen LogP contribution is 2.21. The summed E-state index contributed by atoms with van der Waals surface area (Å²) in [5, 5.41) is 15.5. The van der Waals surface area contributed by atoms with Crippen LogP contribution < -0.4 is 9.64 Å². The summed E-state index contributed by atoms with van der Waals surface area (Å²) < 4.78 is 5.13. The molecule has 2 rings (SSSR count). The van der Waals surface area contributed by atoms with Crippen LogP contribution in [-0.2, 0) is 4.79 Å². The minimum atomic E-state index is -0.935. The summed E-state index contributed by atoms with van der Waals surface area (Å²) in [7, 11) is 3.21. The van der Waals surface area contributed by atoms with Gasteiger partial charge in [-0.3, -0.25) is 9.89 Å². The molecule has 7 nitrogen and oxygen atoms in total. The molecule has 0 amide bonds. The third-order valence-corrected chi connectivity index (χ3v) is 2.53. The topological polar surface area (TPSA) is 91.3 Å². The molecule has 2 N–H and O–H groups in total. The lowest BCUT2D eigenvalue weighted by molar-refractivity contribution is -0.135. The van der Waals surface area contributed by atoms with Gasteiger partial charge in [0.05, 0.1) is 7.11 Å². The molecule has 0 unspecified atom stereocenters. The largest absolute Gasteiger partial charge is 0.497 e. The second-order valence-electron chi connectivity index (χ2n) is 3.97. The van der Waals surface area contributed by atoms with Crippen molar-refractivity contribution >= 4 is 11.9 Å². The second-order valence-corrected chi connectivity index (χ2v) is 3.97. The summed E-state index contributed by atoms with van der Waals surface area (Å²) in [5.74, 6) is 0.677. The van der Waals surface area contributed by atoms with Crippen molar-refractivity contribution in [3.63, 3.8) is 0 Å². The standard InChI is InChI=1S/C12H14N4O3/c1-16(7-10(17)18)12-13-11(14-15-12)8-4-3-5-9(6-8)19-2/h3-6H,7H2,1-2H3,(H,17,18)(H,13,14,15). The Morgan fingerprint density at radius 1 is 1.53 bits per heavy atom. The number of hydrogen-bond acceptors (Lipinski definition) is 5. The van der Waals surface area contributed by atoms with Crippen LogP contribution in [-0.4, -0.2) is 47.0 Å². The molecule has 0 aliphatic carbocycles. The Bertz CT molecular complexity index is 582. The zero-order valence-electron chi connectivity index (χ0n) is 10.6. The number of aliphatic carboxylic acids is 1. The normalized spacial score (nSPS) is 10.2. The third-order valence-electron chi connectivity index (χ3n) is 2.53. The van der Waals surface area contributed by atoms with Gasteiger partial charge in [-0.05, 0) is 12.1 Å². The number of carboxylic acids is 1. The fraction of sp³-hybridized carbons (Fsp3) is 0.250. The van der Waals surface area contributed by atoms with E-state index in [9.17, 15) is 4.79 Å². The van der Waals surface area contributed by atoms with Crippen LogP contribution in [0.5, 0.6) is 5.75 Å². The number of likely N-dealkylation sites (N-methyl/N-ethyl adjacent to an activating group) is 1. The SMILES string of the molecule is COc1cccc(-c2nc(N(C)CC(=O)O)n[nH]2)c1. The van der Waals surface area contributed by atoms with Crippen LogP contribution in [0.25, 0.3) is 11.4 Å². The molecule has 2 aromatic rings. The molecule has 0 atom stereocenters. The highest BCUT2D eigenvalue weighted by molar-refractivity contribution is 5.72. The molecule has 0 saturated heterocycles.